The van der Waals surface area contributed by atoms with E-state index in [0.29, 0.717) is 0 Å². The Morgan fingerprint density at radius 2 is 2.00 bits per heavy atom. The lowest BCUT2D eigenvalue weighted by atomic mass is 10.1. The first-order valence-corrected chi connectivity index (χ1v) is 5.32. The van der Waals surface area contributed by atoms with Gasteiger partial charge in [0.25, 0.3) is 0 Å². The van der Waals surface area contributed by atoms with E-state index in [1.807, 2.05) is 32.2 Å². The van der Waals surface area contributed by atoms with E-state index in [4.69, 9.17) is 0 Å². The summed E-state index contributed by atoms with van der Waals surface area (Å²) in [5.74, 6) is 0. The van der Waals surface area contributed by atoms with Gasteiger partial charge in [-0.3, -0.25) is 4.79 Å². The summed E-state index contributed by atoms with van der Waals surface area (Å²) in [6.07, 6.45) is 2.84. The number of carbonyl (C=O) groups is 1. The zero-order valence-electron chi connectivity index (χ0n) is 9.82. The molecule has 0 fully saturated rings. The van der Waals surface area contributed by atoms with E-state index in [2.05, 4.69) is 23.6 Å². The summed E-state index contributed by atoms with van der Waals surface area (Å²) < 4.78 is 2.15. The van der Waals surface area contributed by atoms with Crippen molar-refractivity contribution in [3.05, 3.63) is 41.1 Å². The Labute approximate surface area is 95.2 Å². The van der Waals surface area contributed by atoms with Crippen LogP contribution in [0.15, 0.2) is 29.8 Å². The quantitative estimate of drug-likeness (QED) is 0.555. The van der Waals surface area contributed by atoms with Crippen molar-refractivity contribution in [1.29, 1.82) is 0 Å². The first kappa shape index (κ1) is 10.7. The van der Waals surface area contributed by atoms with Crippen molar-refractivity contribution >= 4 is 23.3 Å². The molecular weight excluding hydrogens is 198 g/mol. The van der Waals surface area contributed by atoms with Crippen LogP contribution in [0.2, 0.25) is 0 Å². The van der Waals surface area contributed by atoms with E-state index in [0.717, 1.165) is 17.4 Å². The van der Waals surface area contributed by atoms with Crippen molar-refractivity contribution in [3.8, 4) is 0 Å². The highest BCUT2D eigenvalue weighted by Crippen LogP contribution is 2.26. The molecule has 0 aliphatic carbocycles. The third-order valence-electron chi connectivity index (χ3n) is 3.01. The number of aldehydes is 1. The minimum absolute atomic E-state index is 0.749. The second-order valence-corrected chi connectivity index (χ2v) is 4.08. The van der Waals surface area contributed by atoms with Crippen molar-refractivity contribution in [3.63, 3.8) is 0 Å². The summed E-state index contributed by atoms with van der Waals surface area (Å²) in [7, 11) is 2.05. The minimum atomic E-state index is 0.749. The summed E-state index contributed by atoms with van der Waals surface area (Å²) in [4.78, 5) is 10.7. The summed E-state index contributed by atoms with van der Waals surface area (Å²) in [5.41, 5.74) is 4.27. The molecule has 0 aliphatic rings. The number of nitrogens with zero attached hydrogens (tertiary/aromatic N) is 1. The molecule has 0 amide bonds. The Hall–Kier alpha value is -1.83. The molecule has 82 valence electrons. The molecule has 0 saturated heterocycles. The molecule has 1 aromatic carbocycles. The Kier molecular flexibility index (Phi) is 2.65. The highest BCUT2D eigenvalue weighted by molar-refractivity contribution is 5.94. The Bertz CT molecular complexity index is 576. The number of rotatable bonds is 2. The second kappa shape index (κ2) is 3.97. The summed E-state index contributed by atoms with van der Waals surface area (Å²) >= 11 is 0. The molecule has 1 aromatic heterocycles. The largest absolute Gasteiger partial charge is 0.347 e. The van der Waals surface area contributed by atoms with Gasteiger partial charge in [0.2, 0.25) is 0 Å². The zero-order valence-corrected chi connectivity index (χ0v) is 9.82. The van der Waals surface area contributed by atoms with Crippen molar-refractivity contribution in [1.82, 2.24) is 4.57 Å². The van der Waals surface area contributed by atoms with Crippen LogP contribution in [0, 0.1) is 6.92 Å². The van der Waals surface area contributed by atoms with E-state index in [1.54, 1.807) is 0 Å². The monoisotopic (exact) mass is 213 g/mol. The number of hydrogen-bond donors (Lipinski definition) is 0. The fourth-order valence-corrected chi connectivity index (χ4v) is 1.99. The number of aromatic nitrogens is 1. The maximum absolute atomic E-state index is 10.7. The maximum atomic E-state index is 10.7. The molecule has 0 bridgehead atoms. The van der Waals surface area contributed by atoms with Gasteiger partial charge in [-0.2, -0.15) is 0 Å². The van der Waals surface area contributed by atoms with Crippen LogP contribution < -0.4 is 0 Å². The molecule has 2 heteroatoms. The van der Waals surface area contributed by atoms with Gasteiger partial charge >= 0.3 is 0 Å². The normalized spacial score (nSPS) is 12.1. The molecule has 0 spiro atoms. The molecule has 16 heavy (non-hydrogen) atoms. The summed E-state index contributed by atoms with van der Waals surface area (Å²) in [5, 5.41) is 1.20. The molecule has 0 aliphatic heterocycles. The van der Waals surface area contributed by atoms with Crippen molar-refractivity contribution in [2.45, 2.75) is 13.8 Å². The fraction of sp³-hybridized carbons (Fsp3) is 0.214. The van der Waals surface area contributed by atoms with E-state index >= 15 is 0 Å². The van der Waals surface area contributed by atoms with Gasteiger partial charge in [-0.1, -0.05) is 18.2 Å². The fourth-order valence-electron chi connectivity index (χ4n) is 1.99. The Balaban J connectivity index is 2.78. The number of aryl methyl sites for hydroxylation is 1. The third kappa shape index (κ3) is 1.56. The van der Waals surface area contributed by atoms with Crippen LogP contribution in [0.4, 0.5) is 0 Å². The second-order valence-electron chi connectivity index (χ2n) is 4.08. The average molecular weight is 213 g/mol. The minimum Gasteiger partial charge on any atom is -0.347 e. The van der Waals surface area contributed by atoms with E-state index < -0.39 is 0 Å². The van der Waals surface area contributed by atoms with Crippen LogP contribution in [0.1, 0.15) is 18.2 Å². The van der Waals surface area contributed by atoms with Crippen molar-refractivity contribution in [2.24, 2.45) is 7.05 Å². The Morgan fingerprint density at radius 3 is 2.69 bits per heavy atom. The zero-order chi connectivity index (χ0) is 11.7. The van der Waals surface area contributed by atoms with Crippen LogP contribution in [-0.4, -0.2) is 10.9 Å². The molecule has 0 atom stereocenters. The van der Waals surface area contributed by atoms with Crippen LogP contribution in [0.3, 0.4) is 0 Å². The van der Waals surface area contributed by atoms with Gasteiger partial charge in [-0.15, -0.1) is 0 Å². The molecule has 0 N–H and O–H groups in total. The molecule has 0 unspecified atom stereocenters. The molecule has 2 aromatic rings. The molecule has 2 nitrogen and oxygen atoms in total. The topological polar surface area (TPSA) is 22.0 Å². The maximum Gasteiger partial charge on any atom is 0.145 e. The molecule has 0 radical (unpaired) electrons. The number of carbonyl (C=O) groups excluding carboxylic acids is 1. The van der Waals surface area contributed by atoms with E-state index in [-0.39, 0.29) is 0 Å². The summed E-state index contributed by atoms with van der Waals surface area (Å²) in [6, 6.07) is 8.24. The van der Waals surface area contributed by atoms with E-state index in [9.17, 15) is 4.79 Å². The van der Waals surface area contributed by atoms with Crippen molar-refractivity contribution < 1.29 is 4.79 Å². The van der Waals surface area contributed by atoms with Gasteiger partial charge < -0.3 is 4.57 Å². The van der Waals surface area contributed by atoms with Gasteiger partial charge in [-0.25, -0.2) is 0 Å². The predicted molar refractivity (Wildman–Crippen MR) is 67.4 cm³/mol. The molecule has 1 heterocycles. The number of fused-ring (bicyclic) bond motifs is 1. The Morgan fingerprint density at radius 1 is 1.31 bits per heavy atom. The molecule has 2 rings (SSSR count). The summed E-state index contributed by atoms with van der Waals surface area (Å²) in [6.45, 7) is 3.90. The van der Waals surface area contributed by atoms with Gasteiger partial charge in [0.15, 0.2) is 0 Å². The highest BCUT2D eigenvalue weighted by atomic mass is 16.1. The molecule has 0 saturated carbocycles. The SMILES string of the molecule is C/C(C=O)=C\c1c(C)n(C)c2ccccc12. The standard InChI is InChI=1S/C14H15NO/c1-10(9-16)8-13-11(2)15(3)14-7-5-4-6-12(13)14/h4-9H,1-3H3/b10-8+. The van der Waals surface area contributed by atoms with Crippen LogP contribution in [0.25, 0.3) is 17.0 Å². The van der Waals surface area contributed by atoms with Crippen LogP contribution in [-0.2, 0) is 11.8 Å². The van der Waals surface area contributed by atoms with Crippen molar-refractivity contribution in [2.75, 3.05) is 0 Å². The third-order valence-corrected chi connectivity index (χ3v) is 3.01. The number of allylic oxidation sites excluding steroid dienone is 1. The first-order chi connectivity index (χ1) is 7.65. The lowest BCUT2D eigenvalue weighted by molar-refractivity contribution is -0.104. The lowest BCUT2D eigenvalue weighted by Crippen LogP contribution is -1.90. The number of para-hydroxylation sites is 1. The van der Waals surface area contributed by atoms with E-state index in [1.165, 1.54) is 16.6 Å². The average Bonchev–Trinajstić information content (AvgIpc) is 2.55. The molecular formula is C14H15NO. The van der Waals surface area contributed by atoms with Gasteiger partial charge in [0, 0.05) is 29.2 Å². The number of benzene rings is 1. The van der Waals surface area contributed by atoms with Gasteiger partial charge in [0.05, 0.1) is 0 Å². The van der Waals surface area contributed by atoms with Gasteiger partial charge in [-0.05, 0) is 31.6 Å². The van der Waals surface area contributed by atoms with Crippen LogP contribution >= 0.6 is 0 Å². The smallest absolute Gasteiger partial charge is 0.145 e. The first-order valence-electron chi connectivity index (χ1n) is 5.32. The number of hydrogen-bond acceptors (Lipinski definition) is 1. The lowest BCUT2D eigenvalue weighted by Gasteiger charge is -1.97. The predicted octanol–water partition coefficient (Wildman–Crippen LogP) is 3.09. The van der Waals surface area contributed by atoms with Gasteiger partial charge in [0.1, 0.15) is 6.29 Å². The highest BCUT2D eigenvalue weighted by Gasteiger charge is 2.08. The van der Waals surface area contributed by atoms with Crippen LogP contribution in [0.5, 0.6) is 0 Å².